The number of aliphatic hydroxyl groups excluding tert-OH is 1. The van der Waals surface area contributed by atoms with Crippen LogP contribution in [-0.2, 0) is 9.53 Å². The highest BCUT2D eigenvalue weighted by molar-refractivity contribution is 5.96. The fourth-order valence-electron chi connectivity index (χ4n) is 2.22. The second-order valence-electron chi connectivity index (χ2n) is 4.58. The predicted octanol–water partition coefficient (Wildman–Crippen LogP) is 1.94. The van der Waals surface area contributed by atoms with Gasteiger partial charge in [-0.05, 0) is 38.7 Å². The van der Waals surface area contributed by atoms with Gasteiger partial charge in [-0.2, -0.15) is 0 Å². The van der Waals surface area contributed by atoms with E-state index in [2.05, 4.69) is 0 Å². The molecule has 1 heterocycles. The zero-order valence-corrected chi connectivity index (χ0v) is 9.16. The maximum Gasteiger partial charge on any atom is 0.359 e. The summed E-state index contributed by atoms with van der Waals surface area (Å²) in [6.45, 7) is 1.61. The van der Waals surface area contributed by atoms with Crippen molar-refractivity contribution in [3.8, 4) is 0 Å². The number of allylic oxidation sites excluding steroid dienone is 1. The molecule has 3 heteroatoms. The van der Waals surface area contributed by atoms with Crippen molar-refractivity contribution in [2.75, 3.05) is 0 Å². The zero-order chi connectivity index (χ0) is 10.9. The van der Waals surface area contributed by atoms with E-state index in [9.17, 15) is 9.90 Å². The Morgan fingerprint density at radius 2 is 1.87 bits per heavy atom. The van der Waals surface area contributed by atoms with Crippen molar-refractivity contribution in [1.82, 2.24) is 0 Å². The summed E-state index contributed by atoms with van der Waals surface area (Å²) in [5.41, 5.74) is 0.291. The Morgan fingerprint density at radius 3 is 2.27 bits per heavy atom. The third-order valence-corrected chi connectivity index (χ3v) is 3.32. The first kappa shape index (κ1) is 10.7. The van der Waals surface area contributed by atoms with Crippen LogP contribution in [0.25, 0.3) is 0 Å². The van der Waals surface area contributed by atoms with Crippen LogP contribution >= 0.6 is 0 Å². The van der Waals surface area contributed by atoms with Crippen LogP contribution in [0.4, 0.5) is 0 Å². The van der Waals surface area contributed by atoms with Crippen LogP contribution in [-0.4, -0.2) is 22.8 Å². The number of ether oxygens (including phenoxy) is 1. The van der Waals surface area contributed by atoms with E-state index in [0.717, 1.165) is 12.8 Å². The molecular formula is C12H18O3. The molecule has 0 spiro atoms. The van der Waals surface area contributed by atoms with Crippen molar-refractivity contribution in [2.24, 2.45) is 0 Å². The summed E-state index contributed by atoms with van der Waals surface area (Å²) in [6, 6.07) is 0. The maximum absolute atomic E-state index is 11.2. The minimum Gasteiger partial charge on any atom is -0.437 e. The minimum absolute atomic E-state index is 0.283. The molecule has 1 aliphatic carbocycles. The van der Waals surface area contributed by atoms with Gasteiger partial charge in [-0.25, -0.2) is 4.79 Å². The number of aliphatic hydroxyl groups is 1. The van der Waals surface area contributed by atoms with Crippen LogP contribution in [0.2, 0.25) is 0 Å². The second-order valence-corrected chi connectivity index (χ2v) is 4.58. The van der Waals surface area contributed by atoms with Gasteiger partial charge in [0.2, 0.25) is 0 Å². The molecule has 1 aliphatic heterocycles. The van der Waals surface area contributed by atoms with Crippen LogP contribution in [0.1, 0.15) is 45.4 Å². The van der Waals surface area contributed by atoms with Gasteiger partial charge in [-0.15, -0.1) is 0 Å². The molecule has 0 amide bonds. The molecule has 1 saturated heterocycles. The molecule has 2 unspecified atom stereocenters. The summed E-state index contributed by atoms with van der Waals surface area (Å²) in [7, 11) is 0. The molecule has 15 heavy (non-hydrogen) atoms. The first-order valence-corrected chi connectivity index (χ1v) is 5.77. The largest absolute Gasteiger partial charge is 0.437 e. The molecule has 0 radical (unpaired) electrons. The number of rotatable bonds is 2. The Bertz CT molecular complexity index is 283. The van der Waals surface area contributed by atoms with E-state index >= 15 is 0 Å². The fraction of sp³-hybridized carbons (Fsp3) is 0.750. The van der Waals surface area contributed by atoms with Gasteiger partial charge in [-0.3, -0.25) is 0 Å². The van der Waals surface area contributed by atoms with Crippen molar-refractivity contribution in [3.63, 3.8) is 0 Å². The maximum atomic E-state index is 11.2. The molecule has 0 aromatic heterocycles. The quantitative estimate of drug-likeness (QED) is 0.430. The summed E-state index contributed by atoms with van der Waals surface area (Å²) in [5.74, 6) is -0.283. The summed E-state index contributed by atoms with van der Waals surface area (Å²) < 4.78 is 4.94. The molecule has 1 saturated carbocycles. The van der Waals surface area contributed by atoms with Crippen LogP contribution < -0.4 is 0 Å². The summed E-state index contributed by atoms with van der Waals surface area (Å²) in [4.78, 5) is 11.2. The molecule has 0 aromatic rings. The van der Waals surface area contributed by atoms with Gasteiger partial charge in [0.05, 0.1) is 0 Å². The van der Waals surface area contributed by atoms with E-state index in [1.54, 1.807) is 6.92 Å². The van der Waals surface area contributed by atoms with E-state index in [1.807, 2.05) is 6.08 Å². The summed E-state index contributed by atoms with van der Waals surface area (Å²) in [5, 5.41) is 9.52. The molecule has 0 aromatic carbocycles. The third-order valence-electron chi connectivity index (χ3n) is 3.32. The fourth-order valence-corrected chi connectivity index (χ4v) is 2.22. The zero-order valence-electron chi connectivity index (χ0n) is 9.16. The highest BCUT2D eigenvalue weighted by Gasteiger charge is 2.60. The number of carbonyl (C=O) groups is 1. The molecule has 2 atom stereocenters. The Kier molecular flexibility index (Phi) is 2.83. The molecule has 84 valence electrons. The number of cyclic esters (lactones) is 1. The van der Waals surface area contributed by atoms with Crippen LogP contribution in [0.15, 0.2) is 11.6 Å². The SMILES string of the molecule is CC(O)C1(C=C2CCCCCC2)OC1=O. The average molecular weight is 210 g/mol. The number of epoxide rings is 1. The summed E-state index contributed by atoms with van der Waals surface area (Å²) >= 11 is 0. The predicted molar refractivity (Wildman–Crippen MR) is 56.3 cm³/mol. The lowest BCUT2D eigenvalue weighted by molar-refractivity contribution is -0.117. The first-order valence-electron chi connectivity index (χ1n) is 5.77. The number of hydrogen-bond donors (Lipinski definition) is 1. The van der Waals surface area contributed by atoms with Gasteiger partial charge >= 0.3 is 5.97 Å². The molecular weight excluding hydrogens is 192 g/mol. The Hall–Kier alpha value is -0.830. The van der Waals surface area contributed by atoms with Crippen molar-refractivity contribution in [1.29, 1.82) is 0 Å². The lowest BCUT2D eigenvalue weighted by atomic mass is 9.97. The van der Waals surface area contributed by atoms with Crippen molar-refractivity contribution >= 4 is 5.97 Å². The summed E-state index contributed by atoms with van der Waals surface area (Å²) in [6.07, 6.45) is 8.15. The van der Waals surface area contributed by atoms with E-state index in [4.69, 9.17) is 4.74 Å². The van der Waals surface area contributed by atoms with E-state index in [1.165, 1.54) is 31.3 Å². The van der Waals surface area contributed by atoms with Crippen LogP contribution in [0.3, 0.4) is 0 Å². The van der Waals surface area contributed by atoms with Crippen molar-refractivity contribution in [2.45, 2.75) is 57.2 Å². The van der Waals surface area contributed by atoms with Gasteiger partial charge in [0.25, 0.3) is 5.60 Å². The van der Waals surface area contributed by atoms with Crippen LogP contribution in [0, 0.1) is 0 Å². The van der Waals surface area contributed by atoms with Crippen LogP contribution in [0.5, 0.6) is 0 Å². The van der Waals surface area contributed by atoms with E-state index in [-0.39, 0.29) is 5.97 Å². The average Bonchev–Trinajstić information content (AvgIpc) is 2.89. The number of hydrogen-bond acceptors (Lipinski definition) is 3. The third kappa shape index (κ3) is 2.07. The highest BCUT2D eigenvalue weighted by atomic mass is 16.7. The topological polar surface area (TPSA) is 49.8 Å². The van der Waals surface area contributed by atoms with E-state index < -0.39 is 11.7 Å². The standard InChI is InChI=1S/C12H18O3/c1-9(13)12(11(14)15-12)8-10-6-4-2-3-5-7-10/h8-9,13H,2-7H2,1H3. The van der Waals surface area contributed by atoms with Gasteiger partial charge in [-0.1, -0.05) is 18.4 Å². The molecule has 0 bridgehead atoms. The van der Waals surface area contributed by atoms with Crippen molar-refractivity contribution < 1.29 is 14.6 Å². The smallest absolute Gasteiger partial charge is 0.359 e. The molecule has 2 aliphatic rings. The number of carbonyl (C=O) groups excluding carboxylic acids is 1. The highest BCUT2D eigenvalue weighted by Crippen LogP contribution is 2.37. The Morgan fingerprint density at radius 1 is 1.33 bits per heavy atom. The normalized spacial score (nSPS) is 32.9. The second kappa shape index (κ2) is 3.97. The molecule has 3 nitrogen and oxygen atoms in total. The lowest BCUT2D eigenvalue weighted by Crippen LogP contribution is -2.26. The van der Waals surface area contributed by atoms with Gasteiger partial charge < -0.3 is 9.84 Å². The minimum atomic E-state index is -0.986. The van der Waals surface area contributed by atoms with E-state index in [0.29, 0.717) is 0 Å². The Labute approximate surface area is 90.1 Å². The molecule has 1 N–H and O–H groups in total. The van der Waals surface area contributed by atoms with Gasteiger partial charge in [0, 0.05) is 0 Å². The molecule has 2 fully saturated rings. The Balaban J connectivity index is 2.10. The van der Waals surface area contributed by atoms with Gasteiger partial charge in [0.1, 0.15) is 6.10 Å². The monoisotopic (exact) mass is 210 g/mol. The van der Waals surface area contributed by atoms with Gasteiger partial charge in [0.15, 0.2) is 0 Å². The first-order chi connectivity index (χ1) is 7.15. The molecule has 2 rings (SSSR count). The van der Waals surface area contributed by atoms with Crippen molar-refractivity contribution in [3.05, 3.63) is 11.6 Å². The lowest BCUT2D eigenvalue weighted by Gasteiger charge is -2.09.